The standard InChI is InChI=1S/C20H28N2O5.C16H24N2O4.2C12H16N2O2.C8H16N2O4/c1-14(2)16(10-18(23)26-3)19(24)22-13-21(12-17(22)20(25)27-4)11-15-8-6-5-7-9-15;1-16(2,3)22-15(20)18-13(14(19)21-4)11-17-10-12-8-6-5-7-9-12;2*1-16-12(15)11-8-14(9-13-11)7-10-5-3-2-4-6-10;1-8(2,3)14-7(13)10-5(4-9)6(11)12/h5-9,14,16-17H,10-13H2,1-4H3;5-9,13,17H,10-11H2,1-4H3,(H,18,20);2*2-6,11,13H,7-9H2,1H3;5H,4,9H2,1-3H3,(H,10,13)(H,11,12)/t16-,17-;13-;2*11-;5-/m00000/s1. The number of nitrogens with one attached hydrogen (secondary N) is 5. The van der Waals surface area contributed by atoms with E-state index in [-0.39, 0.29) is 55.4 Å². The largest absolute Gasteiger partial charge is 0.480 e. The van der Waals surface area contributed by atoms with Crippen LogP contribution in [0.3, 0.4) is 0 Å². The third-order valence-electron chi connectivity index (χ3n) is 14.3. The normalized spacial score (nSPS) is 17.1. The lowest BCUT2D eigenvalue weighted by molar-refractivity contribution is -0.154. The molecule has 0 saturated carbocycles. The lowest BCUT2D eigenvalue weighted by Gasteiger charge is -2.28. The number of carboxylic acids is 1. The van der Waals surface area contributed by atoms with Crippen molar-refractivity contribution in [1.29, 1.82) is 0 Å². The maximum absolute atomic E-state index is 13.2. The van der Waals surface area contributed by atoms with Crippen molar-refractivity contribution in [2.24, 2.45) is 17.6 Å². The Kier molecular flexibility index (Phi) is 35.7. The highest BCUT2D eigenvalue weighted by Gasteiger charge is 2.43. The maximum Gasteiger partial charge on any atom is 0.408 e. The van der Waals surface area contributed by atoms with Crippen molar-refractivity contribution in [3.63, 3.8) is 0 Å². The molecule has 0 aliphatic carbocycles. The summed E-state index contributed by atoms with van der Waals surface area (Å²) in [6.45, 7) is 20.7. The molecule has 524 valence electrons. The first-order valence-corrected chi connectivity index (χ1v) is 31.1. The zero-order valence-electron chi connectivity index (χ0n) is 57.1. The third kappa shape index (κ3) is 31.5. The number of hydrogen-bond acceptors (Lipinski definition) is 23. The Morgan fingerprint density at radius 1 is 0.547 bits per heavy atom. The fraction of sp³-hybridized carbons (Fsp3) is 0.515. The minimum absolute atomic E-state index is 0.00389. The first-order valence-electron chi connectivity index (χ1n) is 31.1. The van der Waals surface area contributed by atoms with Gasteiger partial charge in [0.1, 0.15) is 41.4 Å². The number of hydrogen-bond donors (Lipinski definition) is 7. The molecule has 0 radical (unpaired) electrons. The Morgan fingerprint density at radius 3 is 1.31 bits per heavy atom. The molecule has 6 atom stereocenters. The predicted octanol–water partition coefficient (Wildman–Crippen LogP) is 4.61. The lowest BCUT2D eigenvalue weighted by atomic mass is 9.91. The minimum atomic E-state index is -1.18. The molecule has 3 aliphatic rings. The van der Waals surface area contributed by atoms with Crippen molar-refractivity contribution in [2.75, 3.05) is 88.3 Å². The fourth-order valence-electron chi connectivity index (χ4n) is 9.51. The van der Waals surface area contributed by atoms with E-state index >= 15 is 0 Å². The van der Waals surface area contributed by atoms with Crippen LogP contribution in [0, 0.1) is 11.8 Å². The van der Waals surface area contributed by atoms with Gasteiger partial charge in [0, 0.05) is 72.2 Å². The van der Waals surface area contributed by atoms with Crippen LogP contribution in [0.1, 0.15) is 84.1 Å². The zero-order valence-corrected chi connectivity index (χ0v) is 57.1. The van der Waals surface area contributed by atoms with Crippen LogP contribution in [-0.4, -0.2) is 208 Å². The summed E-state index contributed by atoms with van der Waals surface area (Å²) in [5, 5.41) is 22.6. The number of benzene rings is 4. The monoisotopic (exact) mass is 1330 g/mol. The molecular formula is C68H100N10O17. The molecule has 3 amide bonds. The van der Waals surface area contributed by atoms with E-state index in [1.807, 2.05) is 116 Å². The van der Waals surface area contributed by atoms with Crippen molar-refractivity contribution >= 4 is 53.9 Å². The van der Waals surface area contributed by atoms with Gasteiger partial charge in [-0.25, -0.2) is 24.0 Å². The van der Waals surface area contributed by atoms with Crippen LogP contribution < -0.4 is 32.3 Å². The molecule has 3 saturated heterocycles. The van der Waals surface area contributed by atoms with E-state index in [0.29, 0.717) is 39.4 Å². The molecular weight excluding hydrogens is 1230 g/mol. The summed E-state index contributed by atoms with van der Waals surface area (Å²) in [5.74, 6) is -3.77. The number of alkyl carbamates (subject to hydrolysis) is 2. The molecule has 0 bridgehead atoms. The first kappa shape index (κ1) is 80.7. The number of rotatable bonds is 22. The molecule has 95 heavy (non-hydrogen) atoms. The Bertz CT molecular complexity index is 2900. The van der Waals surface area contributed by atoms with Crippen molar-refractivity contribution in [3.8, 4) is 0 Å². The van der Waals surface area contributed by atoms with Gasteiger partial charge in [-0.3, -0.25) is 44.5 Å². The molecule has 0 aromatic heterocycles. The van der Waals surface area contributed by atoms with Gasteiger partial charge < -0.3 is 64.8 Å². The number of ether oxygens (including phenoxy) is 7. The van der Waals surface area contributed by atoms with Gasteiger partial charge in [-0.2, -0.15) is 0 Å². The number of amides is 3. The number of carboxylic acid groups (broad SMARTS) is 1. The van der Waals surface area contributed by atoms with Gasteiger partial charge in [-0.1, -0.05) is 135 Å². The number of carbonyl (C=O) groups is 9. The molecule has 7 rings (SSSR count). The molecule has 3 fully saturated rings. The predicted molar refractivity (Wildman–Crippen MR) is 354 cm³/mol. The van der Waals surface area contributed by atoms with E-state index in [1.54, 1.807) is 41.5 Å². The van der Waals surface area contributed by atoms with Gasteiger partial charge in [-0.15, -0.1) is 0 Å². The second-order valence-corrected chi connectivity index (χ2v) is 24.6. The highest BCUT2D eigenvalue weighted by molar-refractivity contribution is 5.89. The number of esters is 5. The minimum Gasteiger partial charge on any atom is -0.480 e. The Balaban J connectivity index is 0.000000316. The average Bonchev–Trinajstić information content (AvgIpc) is 1.68. The van der Waals surface area contributed by atoms with Crippen LogP contribution in [0.2, 0.25) is 0 Å². The second-order valence-electron chi connectivity index (χ2n) is 24.6. The van der Waals surface area contributed by atoms with Crippen LogP contribution in [0.25, 0.3) is 0 Å². The summed E-state index contributed by atoms with van der Waals surface area (Å²) in [4.78, 5) is 113. The van der Waals surface area contributed by atoms with Gasteiger partial charge in [0.05, 0.1) is 54.6 Å². The average molecular weight is 1330 g/mol. The summed E-state index contributed by atoms with van der Waals surface area (Å²) >= 11 is 0. The van der Waals surface area contributed by atoms with Crippen LogP contribution in [0.4, 0.5) is 9.59 Å². The van der Waals surface area contributed by atoms with Crippen molar-refractivity contribution < 1.29 is 81.4 Å². The number of aliphatic carboxylic acids is 1. The molecule has 3 heterocycles. The van der Waals surface area contributed by atoms with E-state index < -0.39 is 71.3 Å². The molecule has 3 aliphatic heterocycles. The number of methoxy groups -OCH3 is 5. The summed E-state index contributed by atoms with van der Waals surface area (Å²) in [6.07, 6.45) is -1.43. The Hall–Kier alpha value is -8.57. The third-order valence-corrected chi connectivity index (χ3v) is 14.3. The maximum atomic E-state index is 13.2. The summed E-state index contributed by atoms with van der Waals surface area (Å²) in [6, 6.07) is 37.1. The van der Waals surface area contributed by atoms with Crippen molar-refractivity contribution in [1.82, 2.24) is 46.2 Å². The highest BCUT2D eigenvalue weighted by Crippen LogP contribution is 2.26. The number of carbonyl (C=O) groups excluding carboxylic acids is 8. The molecule has 8 N–H and O–H groups in total. The van der Waals surface area contributed by atoms with Crippen molar-refractivity contribution in [2.45, 2.75) is 129 Å². The molecule has 27 heteroatoms. The van der Waals surface area contributed by atoms with Gasteiger partial charge in [-0.05, 0) is 69.7 Å². The van der Waals surface area contributed by atoms with Gasteiger partial charge in [0.25, 0.3) is 0 Å². The van der Waals surface area contributed by atoms with E-state index in [1.165, 1.54) is 51.6 Å². The Morgan fingerprint density at radius 2 is 0.947 bits per heavy atom. The van der Waals surface area contributed by atoms with Crippen molar-refractivity contribution in [3.05, 3.63) is 144 Å². The van der Waals surface area contributed by atoms with E-state index in [9.17, 15) is 43.2 Å². The highest BCUT2D eigenvalue weighted by atomic mass is 16.6. The zero-order chi connectivity index (χ0) is 70.7. The lowest BCUT2D eigenvalue weighted by Crippen LogP contribution is -2.49. The Labute approximate surface area is 558 Å². The molecule has 0 unspecified atom stereocenters. The van der Waals surface area contributed by atoms with Gasteiger partial charge in [0.2, 0.25) is 5.91 Å². The molecule has 4 aromatic carbocycles. The summed E-state index contributed by atoms with van der Waals surface area (Å²) < 4.78 is 33.7. The summed E-state index contributed by atoms with van der Waals surface area (Å²) in [7, 11) is 6.75. The topological polar surface area (TPSA) is 338 Å². The van der Waals surface area contributed by atoms with Crippen LogP contribution in [-0.2, 0) is 92.9 Å². The van der Waals surface area contributed by atoms with Crippen LogP contribution >= 0.6 is 0 Å². The van der Waals surface area contributed by atoms with Crippen LogP contribution in [0.5, 0.6) is 0 Å². The van der Waals surface area contributed by atoms with E-state index in [2.05, 4.69) is 60.6 Å². The SMILES string of the molecule is CC(C)(C)OC(=O)N[C@@H](CN)C(=O)O.COC(=O)C[C@H](C(=O)N1CN(Cc2ccccc2)C[C@H]1C(=O)OC)C(C)C.COC(=O)[C@@H]1CN(Cc2ccccc2)CN1.COC(=O)[C@@H]1CN(Cc2ccccc2)CN1.COC(=O)[C@H](CNCc1ccccc1)NC(=O)OC(C)(C)C. The number of nitrogens with zero attached hydrogens (tertiary/aromatic N) is 4. The van der Waals surface area contributed by atoms with Gasteiger partial charge in [0.15, 0.2) is 0 Å². The van der Waals surface area contributed by atoms with E-state index in [0.717, 1.165) is 37.6 Å². The number of nitrogens with two attached hydrogens (primary N) is 1. The smallest absolute Gasteiger partial charge is 0.408 e. The van der Waals surface area contributed by atoms with E-state index in [4.69, 9.17) is 44.0 Å². The molecule has 0 spiro atoms. The molecule has 27 nitrogen and oxygen atoms in total. The fourth-order valence-corrected chi connectivity index (χ4v) is 9.51. The van der Waals surface area contributed by atoms with Gasteiger partial charge >= 0.3 is 48.0 Å². The second kappa shape index (κ2) is 42.0. The van der Waals surface area contributed by atoms with Crippen LogP contribution in [0.15, 0.2) is 121 Å². The summed E-state index contributed by atoms with van der Waals surface area (Å²) in [5.41, 5.74) is 8.57. The quantitative estimate of drug-likeness (QED) is 0.0417. The molecule has 4 aromatic rings. The first-order chi connectivity index (χ1) is 45.0.